The van der Waals surface area contributed by atoms with Crippen molar-refractivity contribution in [2.45, 2.75) is 6.54 Å². The summed E-state index contributed by atoms with van der Waals surface area (Å²) in [5, 5.41) is 14.9. The van der Waals surface area contributed by atoms with E-state index in [-0.39, 0.29) is 36.5 Å². The number of guanidine groups is 1. The normalized spacial score (nSPS) is 10.8. The van der Waals surface area contributed by atoms with E-state index in [0.29, 0.717) is 44.8 Å². The maximum absolute atomic E-state index is 11.4. The van der Waals surface area contributed by atoms with E-state index < -0.39 is 4.92 Å². The van der Waals surface area contributed by atoms with Gasteiger partial charge in [0.05, 0.1) is 44.2 Å². The number of nitro benzene ring substituents is 1. The van der Waals surface area contributed by atoms with Gasteiger partial charge in [0.1, 0.15) is 0 Å². The molecule has 0 spiro atoms. The van der Waals surface area contributed by atoms with Gasteiger partial charge < -0.3 is 19.9 Å². The zero-order valence-electron chi connectivity index (χ0n) is 21.8. The summed E-state index contributed by atoms with van der Waals surface area (Å²) in [6.45, 7) is 0.239. The van der Waals surface area contributed by atoms with E-state index in [9.17, 15) is 10.1 Å². The van der Waals surface area contributed by atoms with Crippen molar-refractivity contribution in [2.24, 2.45) is 10.7 Å². The predicted octanol–water partition coefficient (Wildman–Crippen LogP) is 5.75. The van der Waals surface area contributed by atoms with Gasteiger partial charge in [-0.3, -0.25) is 15.4 Å². The SMILES string of the molecule is COc1cc(-c2cc(-c3cccc([N+](=O)[O-])c3)nc(NC(N)=NCc3ccccc3Cl)n2)cc(OC)c1OC.Cl. The molecule has 0 radical (unpaired) electrons. The van der Waals surface area contributed by atoms with Crippen LogP contribution in [-0.2, 0) is 6.54 Å². The molecule has 3 aromatic carbocycles. The van der Waals surface area contributed by atoms with Crippen LogP contribution in [0, 0.1) is 10.1 Å². The highest BCUT2D eigenvalue weighted by molar-refractivity contribution is 6.31. The molecular weight excluding hydrogens is 559 g/mol. The second kappa shape index (κ2) is 13.5. The van der Waals surface area contributed by atoms with Gasteiger partial charge in [-0.15, -0.1) is 12.4 Å². The van der Waals surface area contributed by atoms with Gasteiger partial charge in [-0.2, -0.15) is 0 Å². The molecule has 0 unspecified atom stereocenters. The number of aromatic nitrogens is 2. The van der Waals surface area contributed by atoms with Crippen LogP contribution in [0.4, 0.5) is 11.6 Å². The number of nitrogens with two attached hydrogens (primary N) is 1. The molecule has 0 saturated heterocycles. The van der Waals surface area contributed by atoms with Crippen molar-refractivity contribution in [3.05, 3.63) is 87.4 Å². The second-order valence-corrected chi connectivity index (χ2v) is 8.51. The number of rotatable bonds is 9. The molecule has 0 aliphatic rings. The summed E-state index contributed by atoms with van der Waals surface area (Å²) >= 11 is 6.22. The van der Waals surface area contributed by atoms with Crippen LogP contribution in [0.15, 0.2) is 71.7 Å². The topological polar surface area (TPSA) is 147 Å². The minimum Gasteiger partial charge on any atom is -0.493 e. The van der Waals surface area contributed by atoms with Crippen molar-refractivity contribution < 1.29 is 19.1 Å². The lowest BCUT2D eigenvalue weighted by molar-refractivity contribution is -0.384. The molecule has 3 N–H and O–H groups in total. The van der Waals surface area contributed by atoms with Crippen molar-refractivity contribution in [1.82, 2.24) is 9.97 Å². The van der Waals surface area contributed by atoms with E-state index in [0.717, 1.165) is 5.56 Å². The monoisotopic (exact) mass is 584 g/mol. The zero-order valence-corrected chi connectivity index (χ0v) is 23.3. The number of benzene rings is 3. The maximum Gasteiger partial charge on any atom is 0.270 e. The fraction of sp³-hybridized carbons (Fsp3) is 0.148. The molecule has 0 aliphatic heterocycles. The second-order valence-electron chi connectivity index (χ2n) is 8.10. The third-order valence-corrected chi connectivity index (χ3v) is 6.03. The standard InChI is InChI=1S/C27H25ClN6O5.ClH/c1-37-23-12-18(13-24(38-2)25(23)39-3)22-14-21(16-8-6-9-19(11-16)34(35)36)31-27(32-22)33-26(29)30-15-17-7-4-5-10-20(17)28;/h4-14H,15H2,1-3H3,(H3,29,30,31,32,33);1H. The molecule has 1 heterocycles. The number of anilines is 1. The van der Waals surface area contributed by atoms with Gasteiger partial charge >= 0.3 is 0 Å². The first-order valence-corrected chi connectivity index (χ1v) is 12.0. The molecule has 0 fully saturated rings. The number of hydrogen-bond donors (Lipinski definition) is 2. The molecule has 1 aromatic heterocycles. The molecular formula is C27H26Cl2N6O5. The Hall–Kier alpha value is -4.61. The zero-order chi connectivity index (χ0) is 27.9. The number of aliphatic imine (C=N–C) groups is 1. The summed E-state index contributed by atoms with van der Waals surface area (Å²) in [5.41, 5.74) is 8.88. The number of methoxy groups -OCH3 is 3. The number of nitrogens with one attached hydrogen (secondary N) is 1. The highest BCUT2D eigenvalue weighted by Gasteiger charge is 2.18. The van der Waals surface area contributed by atoms with Gasteiger partial charge in [0.2, 0.25) is 11.7 Å². The third-order valence-electron chi connectivity index (χ3n) is 5.66. The molecule has 40 heavy (non-hydrogen) atoms. The number of nitro groups is 1. The van der Waals surface area contributed by atoms with Crippen LogP contribution in [0.5, 0.6) is 17.2 Å². The van der Waals surface area contributed by atoms with Crippen LogP contribution in [0.1, 0.15) is 5.56 Å². The van der Waals surface area contributed by atoms with Crippen molar-refractivity contribution in [1.29, 1.82) is 0 Å². The first kappa shape index (κ1) is 29.9. The lowest BCUT2D eigenvalue weighted by Gasteiger charge is -2.15. The molecule has 0 atom stereocenters. The van der Waals surface area contributed by atoms with E-state index in [1.165, 1.54) is 33.5 Å². The van der Waals surface area contributed by atoms with Gasteiger partial charge in [0.15, 0.2) is 17.5 Å². The Morgan fingerprint density at radius 3 is 2.20 bits per heavy atom. The van der Waals surface area contributed by atoms with Crippen LogP contribution in [0.25, 0.3) is 22.5 Å². The van der Waals surface area contributed by atoms with Gasteiger partial charge in [0, 0.05) is 28.3 Å². The molecule has 0 bridgehead atoms. The fourth-order valence-corrected chi connectivity index (χ4v) is 3.95. The third kappa shape index (κ3) is 6.87. The Morgan fingerprint density at radius 2 is 1.60 bits per heavy atom. The average Bonchev–Trinajstić information content (AvgIpc) is 2.95. The highest BCUT2D eigenvalue weighted by atomic mass is 35.5. The van der Waals surface area contributed by atoms with Crippen molar-refractivity contribution in [2.75, 3.05) is 26.6 Å². The summed E-state index contributed by atoms with van der Waals surface area (Å²) < 4.78 is 16.4. The molecule has 0 saturated carbocycles. The summed E-state index contributed by atoms with van der Waals surface area (Å²) in [6.07, 6.45) is 0. The van der Waals surface area contributed by atoms with Crippen molar-refractivity contribution in [3.8, 4) is 39.8 Å². The Bertz CT molecular complexity index is 1520. The summed E-state index contributed by atoms with van der Waals surface area (Å²) in [6, 6.07) is 18.6. The lowest BCUT2D eigenvalue weighted by atomic mass is 10.1. The molecule has 208 valence electrons. The van der Waals surface area contributed by atoms with E-state index in [1.54, 1.807) is 36.4 Å². The van der Waals surface area contributed by atoms with E-state index in [2.05, 4.69) is 20.3 Å². The van der Waals surface area contributed by atoms with Crippen LogP contribution in [0.3, 0.4) is 0 Å². The summed E-state index contributed by atoms with van der Waals surface area (Å²) in [4.78, 5) is 24.4. The van der Waals surface area contributed by atoms with Gasteiger partial charge in [-0.25, -0.2) is 15.0 Å². The number of hydrogen-bond acceptors (Lipinski definition) is 8. The molecule has 0 amide bonds. The summed E-state index contributed by atoms with van der Waals surface area (Å²) in [7, 11) is 4.54. The van der Waals surface area contributed by atoms with E-state index in [4.69, 9.17) is 31.5 Å². The molecule has 13 heteroatoms. The summed E-state index contributed by atoms with van der Waals surface area (Å²) in [5.74, 6) is 1.46. The van der Waals surface area contributed by atoms with Gasteiger partial charge in [-0.1, -0.05) is 41.9 Å². The highest BCUT2D eigenvalue weighted by Crippen LogP contribution is 2.41. The Kier molecular flexibility index (Phi) is 10.1. The first-order chi connectivity index (χ1) is 18.8. The van der Waals surface area contributed by atoms with E-state index >= 15 is 0 Å². The predicted molar refractivity (Wildman–Crippen MR) is 157 cm³/mol. The Balaban J connectivity index is 0.00000441. The maximum atomic E-state index is 11.4. The van der Waals surface area contributed by atoms with Crippen molar-refractivity contribution >= 4 is 41.6 Å². The molecule has 0 aliphatic carbocycles. The average molecular weight is 585 g/mol. The fourth-order valence-electron chi connectivity index (χ4n) is 3.76. The van der Waals surface area contributed by atoms with Crippen LogP contribution in [-0.4, -0.2) is 42.2 Å². The minimum absolute atomic E-state index is 0. The first-order valence-electron chi connectivity index (χ1n) is 11.6. The molecule has 4 rings (SSSR count). The number of ether oxygens (including phenoxy) is 3. The van der Waals surface area contributed by atoms with Crippen LogP contribution < -0.4 is 25.3 Å². The smallest absolute Gasteiger partial charge is 0.270 e. The number of halogens is 2. The molecule has 4 aromatic rings. The van der Waals surface area contributed by atoms with Crippen molar-refractivity contribution in [3.63, 3.8) is 0 Å². The van der Waals surface area contributed by atoms with Crippen LogP contribution >= 0.6 is 24.0 Å². The van der Waals surface area contributed by atoms with Crippen LogP contribution in [0.2, 0.25) is 5.02 Å². The number of nitrogens with zero attached hydrogens (tertiary/aromatic N) is 4. The largest absolute Gasteiger partial charge is 0.493 e. The van der Waals surface area contributed by atoms with E-state index in [1.807, 2.05) is 18.2 Å². The number of non-ortho nitro benzene ring substituents is 1. The minimum atomic E-state index is -0.469. The Morgan fingerprint density at radius 1 is 0.950 bits per heavy atom. The lowest BCUT2D eigenvalue weighted by Crippen LogP contribution is -2.24. The quantitative estimate of drug-likeness (QED) is 0.109. The Labute approximate surface area is 241 Å². The molecule has 11 nitrogen and oxygen atoms in total. The van der Waals surface area contributed by atoms with Gasteiger partial charge in [-0.05, 0) is 29.8 Å². The van der Waals surface area contributed by atoms with Gasteiger partial charge in [0.25, 0.3) is 5.69 Å².